The predicted octanol–water partition coefficient (Wildman–Crippen LogP) is 3.54. The van der Waals surface area contributed by atoms with Crippen molar-refractivity contribution in [3.8, 4) is 11.4 Å². The third-order valence-corrected chi connectivity index (χ3v) is 4.88. The van der Waals surface area contributed by atoms with E-state index >= 15 is 0 Å². The van der Waals surface area contributed by atoms with Crippen molar-refractivity contribution in [2.24, 2.45) is 0 Å². The van der Waals surface area contributed by atoms with E-state index in [1.165, 1.54) is 0 Å². The molecule has 28 heavy (non-hydrogen) atoms. The minimum atomic E-state index is -0.119. The van der Waals surface area contributed by atoms with E-state index in [1.54, 1.807) is 0 Å². The summed E-state index contributed by atoms with van der Waals surface area (Å²) in [5.74, 6) is 2.41. The van der Waals surface area contributed by atoms with Crippen LogP contribution in [0.3, 0.4) is 0 Å². The third-order valence-electron chi connectivity index (χ3n) is 4.88. The third kappa shape index (κ3) is 3.81. The molecule has 1 aliphatic heterocycles. The monoisotopic (exact) mass is 381 g/mol. The van der Waals surface area contributed by atoms with Crippen LogP contribution in [0.25, 0.3) is 11.4 Å². The Morgan fingerprint density at radius 2 is 2.00 bits per heavy atom. The maximum atomic E-state index is 12.8. The van der Waals surface area contributed by atoms with Gasteiger partial charge < -0.3 is 13.9 Å². The highest BCUT2D eigenvalue weighted by Gasteiger charge is 2.33. The van der Waals surface area contributed by atoms with Gasteiger partial charge in [0.15, 0.2) is 5.82 Å². The Labute approximate surface area is 162 Å². The molecule has 2 aromatic heterocycles. The van der Waals surface area contributed by atoms with Crippen molar-refractivity contribution in [2.45, 2.75) is 51.5 Å². The fourth-order valence-corrected chi connectivity index (χ4v) is 3.37. The Hall–Kier alpha value is -3.03. The molecule has 0 radical (unpaired) electrons. The van der Waals surface area contributed by atoms with Gasteiger partial charge in [-0.05, 0) is 12.8 Å². The largest absolute Gasteiger partial charge is 0.339 e. The lowest BCUT2D eigenvalue weighted by molar-refractivity contribution is -0.132. The summed E-state index contributed by atoms with van der Waals surface area (Å²) in [4.78, 5) is 23.5. The standard InChI is InChI=1S/C20H23N5O3/c1-13(2)20-22-19(24-28-20)15-9-6-12-25(15)17(26)11-10-16-21-18(23-27-16)14-7-4-3-5-8-14/h3-5,7-8,13,15H,6,9-12H2,1-2H3. The normalized spacial score (nSPS) is 16.8. The molecule has 3 aromatic rings. The molecule has 1 amide bonds. The summed E-state index contributed by atoms with van der Waals surface area (Å²) < 4.78 is 10.6. The van der Waals surface area contributed by atoms with Gasteiger partial charge in [0.05, 0.1) is 6.04 Å². The van der Waals surface area contributed by atoms with E-state index in [1.807, 2.05) is 49.1 Å². The SMILES string of the molecule is CC(C)c1nc(C2CCCN2C(=O)CCc2nc(-c3ccccc3)no2)no1. The molecule has 1 unspecified atom stereocenters. The van der Waals surface area contributed by atoms with E-state index < -0.39 is 0 Å². The predicted molar refractivity (Wildman–Crippen MR) is 100 cm³/mol. The van der Waals surface area contributed by atoms with Crippen LogP contribution in [-0.4, -0.2) is 37.6 Å². The number of nitrogens with zero attached hydrogens (tertiary/aromatic N) is 5. The lowest BCUT2D eigenvalue weighted by atomic mass is 10.2. The summed E-state index contributed by atoms with van der Waals surface area (Å²) in [5.41, 5.74) is 0.890. The van der Waals surface area contributed by atoms with Gasteiger partial charge in [0.2, 0.25) is 23.5 Å². The number of rotatable bonds is 6. The highest BCUT2D eigenvalue weighted by molar-refractivity contribution is 5.77. The first-order valence-electron chi connectivity index (χ1n) is 9.63. The van der Waals surface area contributed by atoms with Crippen molar-refractivity contribution in [3.05, 3.63) is 47.9 Å². The Morgan fingerprint density at radius 1 is 1.18 bits per heavy atom. The van der Waals surface area contributed by atoms with Gasteiger partial charge in [-0.3, -0.25) is 4.79 Å². The van der Waals surface area contributed by atoms with Gasteiger partial charge in [-0.25, -0.2) is 0 Å². The molecule has 0 saturated carbocycles. The Balaban J connectivity index is 1.38. The van der Waals surface area contributed by atoms with Crippen LogP contribution in [0.4, 0.5) is 0 Å². The lowest BCUT2D eigenvalue weighted by Gasteiger charge is -2.21. The van der Waals surface area contributed by atoms with Gasteiger partial charge in [0.25, 0.3) is 0 Å². The number of aromatic nitrogens is 4. The van der Waals surface area contributed by atoms with Gasteiger partial charge >= 0.3 is 0 Å². The van der Waals surface area contributed by atoms with E-state index in [0.29, 0.717) is 42.8 Å². The molecule has 1 fully saturated rings. The highest BCUT2D eigenvalue weighted by atomic mass is 16.5. The van der Waals surface area contributed by atoms with Crippen molar-refractivity contribution >= 4 is 5.91 Å². The van der Waals surface area contributed by atoms with E-state index in [0.717, 1.165) is 18.4 Å². The van der Waals surface area contributed by atoms with E-state index in [4.69, 9.17) is 9.05 Å². The zero-order chi connectivity index (χ0) is 19.5. The summed E-state index contributed by atoms with van der Waals surface area (Å²) >= 11 is 0. The number of aryl methyl sites for hydroxylation is 1. The van der Waals surface area contributed by atoms with Crippen LogP contribution in [0, 0.1) is 0 Å². The second-order valence-electron chi connectivity index (χ2n) is 7.27. The van der Waals surface area contributed by atoms with Crippen molar-refractivity contribution < 1.29 is 13.8 Å². The summed E-state index contributed by atoms with van der Waals surface area (Å²) in [6, 6.07) is 9.50. The molecule has 0 spiro atoms. The number of hydrogen-bond acceptors (Lipinski definition) is 7. The summed E-state index contributed by atoms with van der Waals surface area (Å²) in [5, 5.41) is 8.09. The minimum absolute atomic E-state index is 0.0397. The molecule has 8 heteroatoms. The van der Waals surface area contributed by atoms with Crippen LogP contribution < -0.4 is 0 Å². The molecule has 1 atom stereocenters. The zero-order valence-corrected chi connectivity index (χ0v) is 16.0. The maximum Gasteiger partial charge on any atom is 0.229 e. The van der Waals surface area contributed by atoms with Crippen molar-refractivity contribution in [2.75, 3.05) is 6.54 Å². The number of benzene rings is 1. The first kappa shape index (κ1) is 18.3. The maximum absolute atomic E-state index is 12.8. The van der Waals surface area contributed by atoms with Crippen LogP contribution in [0.1, 0.15) is 62.7 Å². The molecule has 0 N–H and O–H groups in total. The van der Waals surface area contributed by atoms with Crippen LogP contribution in [0.15, 0.2) is 39.4 Å². The van der Waals surface area contributed by atoms with Crippen LogP contribution >= 0.6 is 0 Å². The second-order valence-corrected chi connectivity index (χ2v) is 7.27. The van der Waals surface area contributed by atoms with Crippen LogP contribution in [0.2, 0.25) is 0 Å². The molecule has 1 aromatic carbocycles. The summed E-state index contributed by atoms with van der Waals surface area (Å²) in [6.07, 6.45) is 2.50. The summed E-state index contributed by atoms with van der Waals surface area (Å²) in [6.45, 7) is 4.71. The second kappa shape index (κ2) is 7.92. The van der Waals surface area contributed by atoms with Gasteiger partial charge in [0, 0.05) is 30.9 Å². The van der Waals surface area contributed by atoms with E-state index in [-0.39, 0.29) is 17.9 Å². The number of carbonyl (C=O) groups is 1. The molecule has 146 valence electrons. The average Bonchev–Trinajstić information content (AvgIpc) is 3.46. The molecule has 0 bridgehead atoms. The lowest BCUT2D eigenvalue weighted by Crippen LogP contribution is -2.31. The number of amides is 1. The fraction of sp³-hybridized carbons (Fsp3) is 0.450. The molecular formula is C20H23N5O3. The zero-order valence-electron chi connectivity index (χ0n) is 16.0. The smallest absolute Gasteiger partial charge is 0.229 e. The number of hydrogen-bond donors (Lipinski definition) is 0. The van der Waals surface area contributed by atoms with Gasteiger partial charge in [-0.15, -0.1) is 0 Å². The quantitative estimate of drug-likeness (QED) is 0.644. The molecule has 3 heterocycles. The molecule has 0 aliphatic carbocycles. The van der Waals surface area contributed by atoms with Crippen LogP contribution in [-0.2, 0) is 11.2 Å². The number of likely N-dealkylation sites (tertiary alicyclic amines) is 1. The first-order valence-corrected chi connectivity index (χ1v) is 9.63. The topological polar surface area (TPSA) is 98.2 Å². The first-order chi connectivity index (χ1) is 13.6. The van der Waals surface area contributed by atoms with Gasteiger partial charge in [-0.2, -0.15) is 9.97 Å². The Bertz CT molecular complexity index is 934. The van der Waals surface area contributed by atoms with Crippen molar-refractivity contribution in [1.82, 2.24) is 25.2 Å². The van der Waals surface area contributed by atoms with E-state index in [2.05, 4.69) is 20.3 Å². The fourth-order valence-electron chi connectivity index (χ4n) is 3.37. The molecule has 8 nitrogen and oxygen atoms in total. The molecule has 1 aliphatic rings. The minimum Gasteiger partial charge on any atom is -0.339 e. The number of carbonyl (C=O) groups excluding carboxylic acids is 1. The molecule has 4 rings (SSSR count). The molecule has 1 saturated heterocycles. The highest BCUT2D eigenvalue weighted by Crippen LogP contribution is 2.31. The van der Waals surface area contributed by atoms with E-state index in [9.17, 15) is 4.79 Å². The van der Waals surface area contributed by atoms with Gasteiger partial charge in [-0.1, -0.05) is 54.5 Å². The van der Waals surface area contributed by atoms with Crippen LogP contribution in [0.5, 0.6) is 0 Å². The molecular weight excluding hydrogens is 358 g/mol. The van der Waals surface area contributed by atoms with Gasteiger partial charge in [0.1, 0.15) is 0 Å². The van der Waals surface area contributed by atoms with Crippen molar-refractivity contribution in [3.63, 3.8) is 0 Å². The summed E-state index contributed by atoms with van der Waals surface area (Å²) in [7, 11) is 0. The van der Waals surface area contributed by atoms with Crippen molar-refractivity contribution in [1.29, 1.82) is 0 Å². The Morgan fingerprint density at radius 3 is 2.75 bits per heavy atom. The Kier molecular flexibility index (Phi) is 5.18. The average molecular weight is 381 g/mol.